The molecule has 2 N–H and O–H groups in total. The summed E-state index contributed by atoms with van der Waals surface area (Å²) in [6.07, 6.45) is 0.691. The summed E-state index contributed by atoms with van der Waals surface area (Å²) in [5.41, 5.74) is 0.786. The summed E-state index contributed by atoms with van der Waals surface area (Å²) in [6, 6.07) is 6.04. The first kappa shape index (κ1) is 14.4. The molecule has 6 heteroatoms. The van der Waals surface area contributed by atoms with Crippen LogP contribution in [0.3, 0.4) is 0 Å². The maximum absolute atomic E-state index is 11.9. The Kier molecular flexibility index (Phi) is 6.07. The third-order valence-corrected chi connectivity index (χ3v) is 2.20. The minimum absolute atomic E-state index is 0.0207. The Morgan fingerprint density at radius 3 is 2.56 bits per heavy atom. The molecule has 1 rings (SSSR count). The molecule has 1 aromatic rings. The number of halogens is 2. The van der Waals surface area contributed by atoms with Gasteiger partial charge >= 0.3 is 6.61 Å². The highest BCUT2D eigenvalue weighted by atomic mass is 19.3. The van der Waals surface area contributed by atoms with Gasteiger partial charge in [-0.05, 0) is 24.1 Å². The zero-order valence-corrected chi connectivity index (χ0v) is 9.73. The number of rotatable bonds is 7. The number of ether oxygens (including phenoxy) is 1. The number of nitrogens with one attached hydrogen (secondary N) is 1. The number of carbonyl (C=O) groups is 1. The molecule has 1 aromatic carbocycles. The minimum atomic E-state index is -2.84. The van der Waals surface area contributed by atoms with Crippen LogP contribution in [-0.4, -0.2) is 24.2 Å². The smallest absolute Gasteiger partial charge is 0.387 e. The average Bonchev–Trinajstić information content (AvgIpc) is 2.35. The van der Waals surface area contributed by atoms with Crippen LogP contribution < -0.4 is 10.1 Å². The molecule has 1 amide bonds. The maximum Gasteiger partial charge on any atom is 0.387 e. The standard InChI is InChI=1S/C12H15F2NO3/c13-12(14)18-10-5-3-9(4-6-10)8-15-11(17)2-1-7-16/h3-6,12,16H,1-2,7-8H2,(H,15,17). The molecular formula is C12H15F2NO3. The van der Waals surface area contributed by atoms with E-state index in [0.717, 1.165) is 5.56 Å². The fourth-order valence-corrected chi connectivity index (χ4v) is 1.32. The molecule has 100 valence electrons. The molecule has 0 radical (unpaired) electrons. The van der Waals surface area contributed by atoms with Crippen molar-refractivity contribution in [2.75, 3.05) is 6.61 Å². The van der Waals surface area contributed by atoms with Gasteiger partial charge in [0.2, 0.25) is 5.91 Å². The Morgan fingerprint density at radius 1 is 1.33 bits per heavy atom. The van der Waals surface area contributed by atoms with E-state index in [-0.39, 0.29) is 24.7 Å². The van der Waals surface area contributed by atoms with Crippen molar-refractivity contribution in [1.29, 1.82) is 0 Å². The Hall–Kier alpha value is -1.69. The molecule has 0 aliphatic rings. The van der Waals surface area contributed by atoms with E-state index >= 15 is 0 Å². The number of hydrogen-bond donors (Lipinski definition) is 2. The predicted octanol–water partition coefficient (Wildman–Crippen LogP) is 1.68. The quantitative estimate of drug-likeness (QED) is 0.783. The fraction of sp³-hybridized carbons (Fsp3) is 0.417. The van der Waals surface area contributed by atoms with E-state index in [4.69, 9.17) is 5.11 Å². The SMILES string of the molecule is O=C(CCCO)NCc1ccc(OC(F)F)cc1. The first-order chi connectivity index (χ1) is 8.61. The van der Waals surface area contributed by atoms with Crippen LogP contribution >= 0.6 is 0 Å². The molecular weight excluding hydrogens is 244 g/mol. The van der Waals surface area contributed by atoms with E-state index in [1.165, 1.54) is 12.1 Å². The summed E-state index contributed by atoms with van der Waals surface area (Å²) in [6.45, 7) is -2.54. The highest BCUT2D eigenvalue weighted by Gasteiger charge is 2.04. The number of aliphatic hydroxyl groups excluding tert-OH is 1. The van der Waals surface area contributed by atoms with Crippen molar-refractivity contribution in [1.82, 2.24) is 5.32 Å². The van der Waals surface area contributed by atoms with Crippen molar-refractivity contribution in [2.45, 2.75) is 26.0 Å². The molecule has 0 aromatic heterocycles. The zero-order valence-electron chi connectivity index (χ0n) is 9.73. The lowest BCUT2D eigenvalue weighted by atomic mass is 10.2. The lowest BCUT2D eigenvalue weighted by molar-refractivity contribution is -0.121. The van der Waals surface area contributed by atoms with Gasteiger partial charge in [-0.25, -0.2) is 0 Å². The molecule has 0 fully saturated rings. The monoisotopic (exact) mass is 259 g/mol. The van der Waals surface area contributed by atoms with Gasteiger partial charge in [0.15, 0.2) is 0 Å². The Bertz CT molecular complexity index is 368. The first-order valence-corrected chi connectivity index (χ1v) is 5.53. The van der Waals surface area contributed by atoms with Crippen LogP contribution in [0.2, 0.25) is 0 Å². The maximum atomic E-state index is 11.9. The van der Waals surface area contributed by atoms with Gasteiger partial charge in [-0.15, -0.1) is 0 Å². The largest absolute Gasteiger partial charge is 0.435 e. The van der Waals surface area contributed by atoms with Gasteiger partial charge in [0.1, 0.15) is 5.75 Å². The van der Waals surface area contributed by atoms with Crippen LogP contribution in [0.5, 0.6) is 5.75 Å². The molecule has 0 aliphatic carbocycles. The summed E-state index contributed by atoms with van der Waals surface area (Å²) in [5.74, 6) is -0.0719. The molecule has 18 heavy (non-hydrogen) atoms. The number of carbonyl (C=O) groups excluding carboxylic acids is 1. The number of aliphatic hydroxyl groups is 1. The van der Waals surface area contributed by atoms with Crippen LogP contribution in [0, 0.1) is 0 Å². The van der Waals surface area contributed by atoms with E-state index in [0.29, 0.717) is 13.0 Å². The van der Waals surface area contributed by atoms with Gasteiger partial charge < -0.3 is 15.2 Å². The zero-order chi connectivity index (χ0) is 13.4. The summed E-state index contributed by atoms with van der Waals surface area (Å²) in [7, 11) is 0. The fourth-order valence-electron chi connectivity index (χ4n) is 1.32. The molecule has 0 saturated carbocycles. The number of alkyl halides is 2. The van der Waals surface area contributed by atoms with Crippen molar-refractivity contribution in [3.8, 4) is 5.75 Å². The lowest BCUT2D eigenvalue weighted by Crippen LogP contribution is -2.22. The molecule has 0 aliphatic heterocycles. The summed E-state index contributed by atoms with van der Waals surface area (Å²) in [5, 5.41) is 11.2. The van der Waals surface area contributed by atoms with Crippen molar-refractivity contribution < 1.29 is 23.4 Å². The van der Waals surface area contributed by atoms with Crippen molar-refractivity contribution in [3.05, 3.63) is 29.8 Å². The molecule has 0 saturated heterocycles. The molecule has 0 bridgehead atoms. The van der Waals surface area contributed by atoms with Crippen LogP contribution in [0.25, 0.3) is 0 Å². The van der Waals surface area contributed by atoms with Gasteiger partial charge in [0.05, 0.1) is 0 Å². The van der Waals surface area contributed by atoms with E-state index in [2.05, 4.69) is 10.1 Å². The van der Waals surface area contributed by atoms with E-state index in [9.17, 15) is 13.6 Å². The average molecular weight is 259 g/mol. The minimum Gasteiger partial charge on any atom is -0.435 e. The second-order valence-corrected chi connectivity index (χ2v) is 3.63. The van der Waals surface area contributed by atoms with Gasteiger partial charge in [0, 0.05) is 19.6 Å². The third-order valence-electron chi connectivity index (χ3n) is 2.20. The molecule has 4 nitrogen and oxygen atoms in total. The van der Waals surface area contributed by atoms with Crippen LogP contribution in [0.1, 0.15) is 18.4 Å². The third kappa shape index (κ3) is 5.58. The van der Waals surface area contributed by atoms with Crippen molar-refractivity contribution >= 4 is 5.91 Å². The number of amides is 1. The molecule has 0 atom stereocenters. The van der Waals surface area contributed by atoms with E-state index in [1.54, 1.807) is 12.1 Å². The summed E-state index contributed by atoms with van der Waals surface area (Å²) < 4.78 is 28.0. The molecule has 0 heterocycles. The van der Waals surface area contributed by atoms with Gasteiger partial charge in [-0.1, -0.05) is 12.1 Å². The van der Waals surface area contributed by atoms with Crippen LogP contribution in [0.15, 0.2) is 24.3 Å². The predicted molar refractivity (Wildman–Crippen MR) is 61.2 cm³/mol. The number of benzene rings is 1. The summed E-state index contributed by atoms with van der Waals surface area (Å²) in [4.78, 5) is 11.2. The lowest BCUT2D eigenvalue weighted by Gasteiger charge is -2.07. The topological polar surface area (TPSA) is 58.6 Å². The number of hydrogen-bond acceptors (Lipinski definition) is 3. The highest BCUT2D eigenvalue weighted by Crippen LogP contribution is 2.14. The molecule has 0 spiro atoms. The second-order valence-electron chi connectivity index (χ2n) is 3.63. The van der Waals surface area contributed by atoms with Crippen molar-refractivity contribution in [2.24, 2.45) is 0 Å². The van der Waals surface area contributed by atoms with Crippen LogP contribution in [0.4, 0.5) is 8.78 Å². The van der Waals surface area contributed by atoms with E-state index < -0.39 is 6.61 Å². The van der Waals surface area contributed by atoms with Crippen molar-refractivity contribution in [3.63, 3.8) is 0 Å². The van der Waals surface area contributed by atoms with Gasteiger partial charge in [-0.3, -0.25) is 4.79 Å². The van der Waals surface area contributed by atoms with E-state index in [1.807, 2.05) is 0 Å². The second kappa shape index (κ2) is 7.60. The Balaban J connectivity index is 2.37. The highest BCUT2D eigenvalue weighted by molar-refractivity contribution is 5.75. The molecule has 0 unspecified atom stereocenters. The normalized spacial score (nSPS) is 10.4. The summed E-state index contributed by atoms with van der Waals surface area (Å²) >= 11 is 0. The first-order valence-electron chi connectivity index (χ1n) is 5.53. The Morgan fingerprint density at radius 2 is 2.00 bits per heavy atom. The van der Waals surface area contributed by atoms with Gasteiger partial charge in [-0.2, -0.15) is 8.78 Å². The van der Waals surface area contributed by atoms with Gasteiger partial charge in [0.25, 0.3) is 0 Å². The van der Waals surface area contributed by atoms with Crippen LogP contribution in [-0.2, 0) is 11.3 Å². The Labute approximate surface area is 104 Å².